The lowest BCUT2D eigenvalue weighted by molar-refractivity contribution is -0.386. The Kier molecular flexibility index (Phi) is 10.9. The van der Waals surface area contributed by atoms with E-state index < -0.39 is 126 Å². The van der Waals surface area contributed by atoms with E-state index in [1.165, 1.54) is 32.2 Å². The van der Waals surface area contributed by atoms with Crippen molar-refractivity contribution in [1.82, 2.24) is 4.98 Å². The monoisotopic (exact) mass is 763 g/mol. The van der Waals surface area contributed by atoms with Crippen LogP contribution in [0.1, 0.15) is 77.9 Å². The van der Waals surface area contributed by atoms with Crippen molar-refractivity contribution in [1.29, 1.82) is 0 Å². The number of cyclic esters (lactones) is 1. The van der Waals surface area contributed by atoms with Crippen molar-refractivity contribution in [3.8, 4) is 0 Å². The second kappa shape index (κ2) is 14.5. The molecule has 2 aliphatic carbocycles. The fourth-order valence-corrected chi connectivity index (χ4v) is 8.87. The number of aromatic nitrogens is 1. The number of nitrogens with zero attached hydrogens (tertiary/aromatic N) is 1. The molecule has 2 saturated carbocycles. The first kappa shape index (κ1) is 40.5. The molecule has 296 valence electrons. The SMILES string of the molecule is CC(=O)OC[C@]12[C@H](OC(C)=O)[C@H](O)[C@@H]3[C@@H](OC(C)=O)[C@]14O[C@@]3(C)COC(=O)c1cccnc1CCC(C)C(=O)O[C@@H]([C@H](OC(C)=O)[C@@H]2OC(C)=O)[C@]4(C)O. The quantitative estimate of drug-likeness (QED) is 0.292. The van der Waals surface area contributed by atoms with Crippen molar-refractivity contribution in [2.24, 2.45) is 17.3 Å². The second-order valence-corrected chi connectivity index (χ2v) is 14.7. The first-order chi connectivity index (χ1) is 25.1. The number of esters is 7. The van der Waals surface area contributed by atoms with E-state index in [2.05, 4.69) is 4.98 Å². The van der Waals surface area contributed by atoms with Crippen LogP contribution in [-0.4, -0.2) is 124 Å². The zero-order chi connectivity index (χ0) is 40.1. The summed E-state index contributed by atoms with van der Waals surface area (Å²) in [6.07, 6.45) is -10.3. The van der Waals surface area contributed by atoms with Gasteiger partial charge in [-0.1, -0.05) is 6.92 Å². The predicted octanol–water partition coefficient (Wildman–Crippen LogP) is 0.292. The highest BCUT2D eigenvalue weighted by Gasteiger charge is 2.91. The Morgan fingerprint density at radius 3 is 2.07 bits per heavy atom. The molecule has 12 atom stereocenters. The van der Waals surface area contributed by atoms with Crippen LogP contribution in [0.15, 0.2) is 18.3 Å². The summed E-state index contributed by atoms with van der Waals surface area (Å²) in [7, 11) is 0. The molecule has 0 amide bonds. The highest BCUT2D eigenvalue weighted by Crippen LogP contribution is 2.69. The van der Waals surface area contributed by atoms with Crippen LogP contribution < -0.4 is 0 Å². The van der Waals surface area contributed by atoms with Gasteiger partial charge in [0.25, 0.3) is 0 Å². The van der Waals surface area contributed by atoms with Gasteiger partial charge in [-0.05, 0) is 38.8 Å². The predicted molar refractivity (Wildman–Crippen MR) is 176 cm³/mol. The number of aliphatic hydroxyl groups is 2. The highest BCUT2D eigenvalue weighted by molar-refractivity contribution is 5.90. The minimum atomic E-state index is -2.76. The highest BCUT2D eigenvalue weighted by atomic mass is 16.7. The molecule has 5 rings (SSSR count). The minimum Gasteiger partial charge on any atom is -0.465 e. The zero-order valence-corrected chi connectivity index (χ0v) is 31.1. The Bertz CT molecular complexity index is 1730. The molecule has 18 heteroatoms. The average Bonchev–Trinajstić information content (AvgIpc) is 3.29. The third kappa shape index (κ3) is 6.46. The maximum atomic E-state index is 14.0. The molecular weight excluding hydrogens is 718 g/mol. The van der Waals surface area contributed by atoms with Gasteiger partial charge in [0, 0.05) is 40.8 Å². The summed E-state index contributed by atoms with van der Waals surface area (Å²) < 4.78 is 47.6. The van der Waals surface area contributed by atoms with Gasteiger partial charge in [-0.25, -0.2) is 4.79 Å². The van der Waals surface area contributed by atoms with Crippen LogP contribution in [-0.2, 0) is 73.1 Å². The third-order valence-corrected chi connectivity index (χ3v) is 10.9. The lowest BCUT2D eigenvalue weighted by atomic mass is 9.45. The Labute approximate surface area is 310 Å². The lowest BCUT2D eigenvalue weighted by Gasteiger charge is -2.67. The van der Waals surface area contributed by atoms with Crippen LogP contribution >= 0.6 is 0 Å². The molecule has 18 nitrogen and oxygen atoms in total. The Morgan fingerprint density at radius 2 is 1.48 bits per heavy atom. The number of ether oxygens (including phenoxy) is 8. The molecule has 2 N–H and O–H groups in total. The van der Waals surface area contributed by atoms with Gasteiger partial charge in [0.05, 0.1) is 23.1 Å². The largest absolute Gasteiger partial charge is 0.465 e. The number of hydrogen-bond acceptors (Lipinski definition) is 18. The van der Waals surface area contributed by atoms with E-state index in [9.17, 15) is 43.8 Å². The molecule has 1 spiro atoms. The zero-order valence-electron chi connectivity index (χ0n) is 31.1. The number of rotatable bonds is 6. The van der Waals surface area contributed by atoms with Gasteiger partial charge in [0.2, 0.25) is 0 Å². The second-order valence-electron chi connectivity index (χ2n) is 14.7. The summed E-state index contributed by atoms with van der Waals surface area (Å²) in [5, 5.41) is 25.7. The molecule has 0 aromatic carbocycles. The molecule has 4 bridgehead atoms. The summed E-state index contributed by atoms with van der Waals surface area (Å²) in [6.45, 7) is 7.22. The number of pyridine rings is 1. The van der Waals surface area contributed by atoms with Crippen molar-refractivity contribution in [2.45, 2.75) is 122 Å². The maximum absolute atomic E-state index is 14.0. The van der Waals surface area contributed by atoms with E-state index in [-0.39, 0.29) is 24.1 Å². The van der Waals surface area contributed by atoms with E-state index >= 15 is 0 Å². The molecule has 1 saturated heterocycles. The van der Waals surface area contributed by atoms with Gasteiger partial charge in [-0.15, -0.1) is 0 Å². The van der Waals surface area contributed by atoms with Gasteiger partial charge in [0.15, 0.2) is 23.9 Å². The molecule has 1 aromatic heterocycles. The summed E-state index contributed by atoms with van der Waals surface area (Å²) in [4.78, 5) is 96.6. The van der Waals surface area contributed by atoms with Gasteiger partial charge in [0.1, 0.15) is 48.1 Å². The summed E-state index contributed by atoms with van der Waals surface area (Å²) >= 11 is 0. The average molecular weight is 764 g/mol. The van der Waals surface area contributed by atoms with E-state index in [0.717, 1.165) is 41.5 Å². The van der Waals surface area contributed by atoms with Gasteiger partial charge >= 0.3 is 41.8 Å². The van der Waals surface area contributed by atoms with E-state index in [1.807, 2.05) is 0 Å². The Balaban J connectivity index is 1.94. The maximum Gasteiger partial charge on any atom is 0.340 e. The molecule has 4 aliphatic rings. The van der Waals surface area contributed by atoms with Crippen molar-refractivity contribution in [3.63, 3.8) is 0 Å². The van der Waals surface area contributed by atoms with Crippen molar-refractivity contribution < 1.29 is 81.7 Å². The summed E-state index contributed by atoms with van der Waals surface area (Å²) in [5.74, 6) is -9.37. The van der Waals surface area contributed by atoms with E-state index in [0.29, 0.717) is 0 Å². The summed E-state index contributed by atoms with van der Waals surface area (Å²) in [6, 6.07) is 2.97. The number of carbonyl (C=O) groups excluding carboxylic acids is 7. The first-order valence-electron chi connectivity index (χ1n) is 17.4. The van der Waals surface area contributed by atoms with Crippen LogP contribution in [0.5, 0.6) is 0 Å². The number of hydrogen-bond donors (Lipinski definition) is 2. The minimum absolute atomic E-state index is 0.0466. The van der Waals surface area contributed by atoms with Crippen molar-refractivity contribution >= 4 is 41.8 Å². The number of aliphatic hydroxyl groups excluding tert-OH is 1. The Morgan fingerprint density at radius 1 is 0.889 bits per heavy atom. The number of fused-ring (bicyclic) bond motifs is 5. The number of carbonyl (C=O) groups is 7. The molecule has 54 heavy (non-hydrogen) atoms. The summed E-state index contributed by atoms with van der Waals surface area (Å²) in [5.41, 5.74) is -9.67. The molecule has 0 radical (unpaired) electrons. The topological polar surface area (TPSA) is 247 Å². The van der Waals surface area contributed by atoms with Gasteiger partial charge < -0.3 is 48.1 Å². The van der Waals surface area contributed by atoms with Crippen molar-refractivity contribution in [2.75, 3.05) is 13.2 Å². The fourth-order valence-electron chi connectivity index (χ4n) is 8.87. The van der Waals surface area contributed by atoms with Crippen LogP contribution in [0.4, 0.5) is 0 Å². The number of aryl methyl sites for hydroxylation is 1. The third-order valence-electron chi connectivity index (χ3n) is 10.9. The standard InChI is InChI=1S/C36H45NO17/c1-16-11-12-23-22(10-9-13-37-23)32(45)48-14-33(7)24-25(43)28(51-20(5)41)35(15-47-17(2)38)30(52-21(6)42)26(49-18(3)39)29(53-31(16)44)34(8,46)36(35,54-33)27(24)50-19(4)40/h9-10,13,16,24-30,43,46H,11-12,14-15H2,1-8H3/t16?,24-,25-,26+,27-,28-,29+,30+,33+,34+,35-,36-/m1/s1. The van der Waals surface area contributed by atoms with Gasteiger partial charge in [-0.2, -0.15) is 0 Å². The molecule has 2 aliphatic heterocycles. The lowest BCUT2D eigenvalue weighted by Crippen LogP contribution is -2.89. The normalized spacial score (nSPS) is 38.6. The molecular formula is C36H45NO17. The van der Waals surface area contributed by atoms with E-state index in [1.54, 1.807) is 0 Å². The Hall–Kier alpha value is -4.68. The van der Waals surface area contributed by atoms with E-state index in [4.69, 9.17) is 37.9 Å². The van der Waals surface area contributed by atoms with Crippen LogP contribution in [0.2, 0.25) is 0 Å². The van der Waals surface area contributed by atoms with Crippen molar-refractivity contribution in [3.05, 3.63) is 29.6 Å². The van der Waals surface area contributed by atoms with Gasteiger partial charge in [-0.3, -0.25) is 33.8 Å². The molecule has 1 aromatic rings. The molecule has 3 fully saturated rings. The fraction of sp³-hybridized carbons (Fsp3) is 0.667. The van der Waals surface area contributed by atoms with Crippen LogP contribution in [0.3, 0.4) is 0 Å². The first-order valence-corrected chi connectivity index (χ1v) is 17.4. The molecule has 1 unspecified atom stereocenters. The molecule has 3 heterocycles. The van der Waals surface area contributed by atoms with Crippen LogP contribution in [0, 0.1) is 17.3 Å². The smallest absolute Gasteiger partial charge is 0.340 e. The van der Waals surface area contributed by atoms with Crippen LogP contribution in [0.25, 0.3) is 0 Å².